The van der Waals surface area contributed by atoms with E-state index in [4.69, 9.17) is 9.47 Å². The minimum absolute atomic E-state index is 0.00616. The predicted octanol–water partition coefficient (Wildman–Crippen LogP) is 17.0. The van der Waals surface area contributed by atoms with Crippen molar-refractivity contribution in [3.05, 3.63) is 24.3 Å². The van der Waals surface area contributed by atoms with Crippen LogP contribution in [-0.2, 0) is 29.9 Å². The van der Waals surface area contributed by atoms with E-state index in [1.807, 2.05) is 0 Å². The molecule has 2 unspecified atom stereocenters. The lowest BCUT2D eigenvalue weighted by molar-refractivity contribution is -0.157. The highest BCUT2D eigenvalue weighted by Gasteiger charge is 2.20. The fourth-order valence-electron chi connectivity index (χ4n) is 7.69. The van der Waals surface area contributed by atoms with Crippen LogP contribution in [0.3, 0.4) is 0 Å². The van der Waals surface area contributed by atoms with E-state index in [1.54, 1.807) is 0 Å². The van der Waals surface area contributed by atoms with E-state index in [9.17, 15) is 13.8 Å². The number of esters is 2. The van der Waals surface area contributed by atoms with Gasteiger partial charge in [-0.15, -0.1) is 0 Å². The van der Waals surface area contributed by atoms with Crippen molar-refractivity contribution in [3.63, 3.8) is 0 Å². The highest BCUT2D eigenvalue weighted by atomic mass is 32.2. The molecule has 0 spiro atoms. The molecule has 0 aliphatic rings. The molecule has 0 aromatic rings. The number of hydrogen-bond donors (Lipinski definition) is 0. The molecule has 0 bridgehead atoms. The fraction of sp³-hybridized carbons (Fsp3) is 0.887. The predicted molar refractivity (Wildman–Crippen MR) is 259 cm³/mol. The Morgan fingerprint density at radius 3 is 1.08 bits per heavy atom. The quantitative estimate of drug-likeness (QED) is 0.0346. The van der Waals surface area contributed by atoms with Gasteiger partial charge in [0, 0.05) is 29.4 Å². The summed E-state index contributed by atoms with van der Waals surface area (Å²) in [6.45, 7) is 6.81. The van der Waals surface area contributed by atoms with E-state index in [0.29, 0.717) is 18.6 Å². The first-order valence-corrected chi connectivity index (χ1v) is 27.5. The summed E-state index contributed by atoms with van der Waals surface area (Å²) >= 11 is 0. The van der Waals surface area contributed by atoms with Gasteiger partial charge in [-0.2, -0.15) is 0 Å². The number of carbonyl (C=O) groups excluding carboxylic acids is 2. The lowest BCUT2D eigenvalue weighted by Crippen LogP contribution is -2.31. The van der Waals surface area contributed by atoms with Gasteiger partial charge >= 0.3 is 11.9 Å². The van der Waals surface area contributed by atoms with Crippen molar-refractivity contribution in [2.45, 2.75) is 284 Å². The van der Waals surface area contributed by atoms with Crippen LogP contribution in [0, 0.1) is 0 Å². The smallest absolute Gasteiger partial charge is 0.306 e. The van der Waals surface area contributed by atoms with E-state index < -0.39 is 16.9 Å². The normalized spacial score (nSPS) is 12.8. The Morgan fingerprint density at radius 1 is 0.407 bits per heavy atom. The van der Waals surface area contributed by atoms with Gasteiger partial charge in [-0.25, -0.2) is 0 Å². The largest absolute Gasteiger partial charge is 0.462 e. The van der Waals surface area contributed by atoms with Crippen molar-refractivity contribution >= 4 is 22.7 Å². The molecule has 2 atom stereocenters. The van der Waals surface area contributed by atoms with Gasteiger partial charge in [-0.1, -0.05) is 218 Å². The van der Waals surface area contributed by atoms with Crippen molar-refractivity contribution in [2.75, 3.05) is 18.1 Å². The first-order valence-electron chi connectivity index (χ1n) is 26.0. The molecule has 0 aliphatic heterocycles. The second-order valence-corrected chi connectivity index (χ2v) is 19.3. The topological polar surface area (TPSA) is 69.7 Å². The second-order valence-electron chi connectivity index (χ2n) is 17.7. The molecular weight excluding hydrogens is 749 g/mol. The summed E-state index contributed by atoms with van der Waals surface area (Å²) in [6.07, 6.45) is 56.4. The molecule has 0 aromatic carbocycles. The maximum absolute atomic E-state index is 13.1. The van der Waals surface area contributed by atoms with Gasteiger partial charge in [0.25, 0.3) is 0 Å². The van der Waals surface area contributed by atoms with Crippen LogP contribution in [0.4, 0.5) is 0 Å². The van der Waals surface area contributed by atoms with E-state index >= 15 is 0 Å². The van der Waals surface area contributed by atoms with Gasteiger partial charge in [0.2, 0.25) is 0 Å². The highest BCUT2D eigenvalue weighted by molar-refractivity contribution is 7.85. The summed E-state index contributed by atoms with van der Waals surface area (Å²) in [5, 5.41) is 0. The van der Waals surface area contributed by atoms with Gasteiger partial charge in [-0.05, 0) is 70.6 Å². The number of allylic oxidation sites excluding steroid dienone is 4. The standard InChI is InChI=1S/C53H100O5S/c1-4-7-10-13-16-19-22-25-27-29-31-34-37-40-43-46-52(54)57-49-51(50-59(56)48-45-42-39-36-33-24-21-18-15-12-9-6-3)58-53(55)47-44-41-38-35-32-30-28-26-23-20-17-14-11-8-5-2/h25-28,51H,4-24,29-50H2,1-3H3/b27-25+,28-26-. The molecule has 59 heavy (non-hydrogen) atoms. The van der Waals surface area contributed by atoms with Crippen molar-refractivity contribution in [3.8, 4) is 0 Å². The molecule has 0 saturated heterocycles. The van der Waals surface area contributed by atoms with Crippen LogP contribution in [0.1, 0.15) is 278 Å². The third-order valence-electron chi connectivity index (χ3n) is 11.6. The van der Waals surface area contributed by atoms with E-state index in [1.165, 1.54) is 180 Å². The minimum atomic E-state index is -1.11. The minimum Gasteiger partial charge on any atom is -0.462 e. The van der Waals surface area contributed by atoms with Crippen molar-refractivity contribution in [2.24, 2.45) is 0 Å². The van der Waals surface area contributed by atoms with E-state index in [2.05, 4.69) is 45.1 Å². The Labute approximate surface area is 370 Å². The van der Waals surface area contributed by atoms with Crippen LogP contribution in [0.5, 0.6) is 0 Å². The Hall–Kier alpha value is -1.43. The fourth-order valence-corrected chi connectivity index (χ4v) is 8.97. The van der Waals surface area contributed by atoms with Crippen molar-refractivity contribution < 1.29 is 23.3 Å². The van der Waals surface area contributed by atoms with E-state index in [-0.39, 0.29) is 24.3 Å². The average molecular weight is 849 g/mol. The van der Waals surface area contributed by atoms with Crippen LogP contribution < -0.4 is 0 Å². The number of hydrogen-bond acceptors (Lipinski definition) is 5. The van der Waals surface area contributed by atoms with Gasteiger partial charge in [0.1, 0.15) is 12.7 Å². The molecule has 6 heteroatoms. The third-order valence-corrected chi connectivity index (χ3v) is 13.1. The van der Waals surface area contributed by atoms with Gasteiger partial charge in [-0.3, -0.25) is 13.8 Å². The zero-order valence-corrected chi connectivity index (χ0v) is 40.6. The summed E-state index contributed by atoms with van der Waals surface area (Å²) in [5.41, 5.74) is 0. The monoisotopic (exact) mass is 849 g/mol. The Kier molecular flexibility index (Phi) is 48.0. The number of carbonyl (C=O) groups is 2. The van der Waals surface area contributed by atoms with Crippen LogP contribution in [-0.4, -0.2) is 40.4 Å². The molecule has 0 fully saturated rings. The van der Waals surface area contributed by atoms with Crippen LogP contribution >= 0.6 is 0 Å². The van der Waals surface area contributed by atoms with Gasteiger partial charge in [0.15, 0.2) is 0 Å². The Balaban J connectivity index is 4.37. The molecule has 0 N–H and O–H groups in total. The number of unbranched alkanes of at least 4 members (excludes halogenated alkanes) is 33. The summed E-state index contributed by atoms with van der Waals surface area (Å²) in [5.74, 6) is 0.357. The average Bonchev–Trinajstić information content (AvgIpc) is 3.23. The van der Waals surface area contributed by atoms with Crippen LogP contribution in [0.2, 0.25) is 0 Å². The maximum atomic E-state index is 13.1. The molecule has 0 heterocycles. The van der Waals surface area contributed by atoms with Gasteiger partial charge in [0.05, 0.1) is 5.75 Å². The van der Waals surface area contributed by atoms with Crippen molar-refractivity contribution in [1.82, 2.24) is 0 Å². The Morgan fingerprint density at radius 2 is 0.712 bits per heavy atom. The van der Waals surface area contributed by atoms with Crippen LogP contribution in [0.25, 0.3) is 0 Å². The number of ether oxygens (including phenoxy) is 2. The van der Waals surface area contributed by atoms with E-state index in [0.717, 1.165) is 64.2 Å². The third kappa shape index (κ3) is 47.5. The number of rotatable bonds is 48. The first-order chi connectivity index (χ1) is 29.0. The molecule has 0 radical (unpaired) electrons. The molecule has 5 nitrogen and oxygen atoms in total. The molecule has 0 amide bonds. The summed E-state index contributed by atoms with van der Waals surface area (Å²) < 4.78 is 24.5. The summed E-state index contributed by atoms with van der Waals surface area (Å²) in [7, 11) is -1.11. The summed E-state index contributed by atoms with van der Waals surface area (Å²) in [4.78, 5) is 25.5. The lowest BCUT2D eigenvalue weighted by Gasteiger charge is -2.18. The first kappa shape index (κ1) is 57.6. The zero-order chi connectivity index (χ0) is 43.0. The maximum Gasteiger partial charge on any atom is 0.306 e. The molecule has 0 saturated carbocycles. The molecular formula is C53H100O5S. The second kappa shape index (κ2) is 49.2. The SMILES string of the molecule is CCCCCCCC/C=C\CCCCCCCC(=O)OC(COC(=O)CCCCCCC/C=C/CCCCCCCC)CS(=O)CCCCCCCCCCCCCC. The molecule has 0 aliphatic carbocycles. The Bertz CT molecular complexity index is 962. The summed E-state index contributed by atoms with van der Waals surface area (Å²) in [6, 6.07) is 0. The van der Waals surface area contributed by atoms with Gasteiger partial charge < -0.3 is 9.47 Å². The highest BCUT2D eigenvalue weighted by Crippen LogP contribution is 2.15. The lowest BCUT2D eigenvalue weighted by atomic mass is 10.1. The van der Waals surface area contributed by atoms with Crippen molar-refractivity contribution in [1.29, 1.82) is 0 Å². The zero-order valence-electron chi connectivity index (χ0n) is 39.7. The van der Waals surface area contributed by atoms with Crippen LogP contribution in [0.15, 0.2) is 24.3 Å². The molecule has 348 valence electrons. The molecule has 0 rings (SSSR count). The molecule has 0 aromatic heterocycles.